The maximum Gasteiger partial charge on any atom is 0.261 e. The lowest BCUT2D eigenvalue weighted by atomic mass is 10.2. The molecule has 0 saturated heterocycles. The predicted molar refractivity (Wildman–Crippen MR) is 106 cm³/mol. The minimum Gasteiger partial charge on any atom is -0.457 e. The summed E-state index contributed by atoms with van der Waals surface area (Å²) in [6, 6.07) is 19.9. The summed E-state index contributed by atoms with van der Waals surface area (Å²) >= 11 is 1.34. The number of rotatable bonds is 7. The van der Waals surface area contributed by atoms with Crippen molar-refractivity contribution in [1.82, 2.24) is 10.6 Å². The van der Waals surface area contributed by atoms with Crippen LogP contribution in [0.3, 0.4) is 0 Å². The summed E-state index contributed by atoms with van der Waals surface area (Å²) in [5.74, 6) is 0.968. The average Bonchev–Trinajstić information content (AvgIpc) is 3.22. The zero-order valence-electron chi connectivity index (χ0n) is 14.8. The molecule has 3 rings (SSSR count). The summed E-state index contributed by atoms with van der Waals surface area (Å²) in [4.78, 5) is 24.8. The van der Waals surface area contributed by atoms with Gasteiger partial charge in [-0.2, -0.15) is 0 Å². The number of carbonyl (C=O) groups is 2. The third-order valence-electron chi connectivity index (χ3n) is 3.83. The van der Waals surface area contributed by atoms with E-state index in [1.165, 1.54) is 11.3 Å². The van der Waals surface area contributed by atoms with E-state index in [0.29, 0.717) is 17.2 Å². The third-order valence-corrected chi connectivity index (χ3v) is 4.70. The van der Waals surface area contributed by atoms with E-state index >= 15 is 0 Å². The molecular formula is C21H20N2O3S. The Hall–Kier alpha value is -3.12. The molecule has 0 bridgehead atoms. The zero-order chi connectivity index (χ0) is 19.1. The number of benzene rings is 2. The highest BCUT2D eigenvalue weighted by molar-refractivity contribution is 7.12. The Morgan fingerprint density at radius 2 is 1.78 bits per heavy atom. The maximum absolute atomic E-state index is 12.2. The summed E-state index contributed by atoms with van der Waals surface area (Å²) < 4.78 is 5.80. The van der Waals surface area contributed by atoms with Crippen molar-refractivity contribution in [2.24, 2.45) is 0 Å². The predicted octanol–water partition coefficient (Wildman–Crippen LogP) is 3.98. The van der Waals surface area contributed by atoms with Crippen LogP contribution in [0.5, 0.6) is 11.5 Å². The smallest absolute Gasteiger partial charge is 0.261 e. The Morgan fingerprint density at radius 1 is 1.00 bits per heavy atom. The van der Waals surface area contributed by atoms with Crippen molar-refractivity contribution in [1.29, 1.82) is 0 Å². The van der Waals surface area contributed by atoms with Gasteiger partial charge >= 0.3 is 0 Å². The molecule has 5 nitrogen and oxygen atoms in total. The lowest BCUT2D eigenvalue weighted by Crippen LogP contribution is -2.44. The number of hydrogen-bond donors (Lipinski definition) is 2. The molecule has 0 radical (unpaired) electrons. The second-order valence-corrected chi connectivity index (χ2v) is 6.90. The SMILES string of the molecule is C[C@@H](NC(=O)c1cccs1)C(=O)NCc1cccc(Oc2ccccc2)c1. The normalized spacial score (nSPS) is 11.4. The molecule has 27 heavy (non-hydrogen) atoms. The number of amides is 2. The van der Waals surface area contributed by atoms with Crippen molar-refractivity contribution in [3.05, 3.63) is 82.6 Å². The quantitative estimate of drug-likeness (QED) is 0.652. The number of hydrogen-bond acceptors (Lipinski definition) is 4. The van der Waals surface area contributed by atoms with Crippen LogP contribution >= 0.6 is 11.3 Å². The van der Waals surface area contributed by atoms with Gasteiger partial charge in [-0.25, -0.2) is 0 Å². The monoisotopic (exact) mass is 380 g/mol. The third kappa shape index (κ3) is 5.43. The van der Waals surface area contributed by atoms with Crippen LogP contribution in [0.4, 0.5) is 0 Å². The summed E-state index contributed by atoms with van der Waals surface area (Å²) in [5, 5.41) is 7.36. The van der Waals surface area contributed by atoms with E-state index in [0.717, 1.165) is 11.3 Å². The first-order chi connectivity index (χ1) is 13.1. The molecule has 1 atom stereocenters. The van der Waals surface area contributed by atoms with E-state index in [1.807, 2.05) is 60.0 Å². The van der Waals surface area contributed by atoms with Gasteiger partial charge in [-0.3, -0.25) is 9.59 Å². The van der Waals surface area contributed by atoms with Gasteiger partial charge in [0.05, 0.1) is 4.88 Å². The molecule has 0 aliphatic carbocycles. The number of thiophene rings is 1. The molecule has 0 aliphatic rings. The number of para-hydroxylation sites is 1. The lowest BCUT2D eigenvalue weighted by molar-refractivity contribution is -0.122. The maximum atomic E-state index is 12.2. The van der Waals surface area contributed by atoms with Crippen LogP contribution in [-0.2, 0) is 11.3 Å². The Balaban J connectivity index is 1.52. The van der Waals surface area contributed by atoms with E-state index in [4.69, 9.17) is 4.74 Å². The van der Waals surface area contributed by atoms with Crippen molar-refractivity contribution < 1.29 is 14.3 Å². The van der Waals surface area contributed by atoms with Gasteiger partial charge in [-0.15, -0.1) is 11.3 Å². The summed E-state index contributed by atoms with van der Waals surface area (Å²) in [7, 11) is 0. The van der Waals surface area contributed by atoms with Crippen LogP contribution in [0.1, 0.15) is 22.2 Å². The number of nitrogens with one attached hydrogen (secondary N) is 2. The molecule has 1 aromatic heterocycles. The van der Waals surface area contributed by atoms with Crippen molar-refractivity contribution in [2.75, 3.05) is 0 Å². The molecule has 0 unspecified atom stereocenters. The van der Waals surface area contributed by atoms with E-state index < -0.39 is 6.04 Å². The average molecular weight is 380 g/mol. The van der Waals surface area contributed by atoms with Crippen molar-refractivity contribution >= 4 is 23.2 Å². The molecule has 0 saturated carbocycles. The Bertz CT molecular complexity index is 895. The first kappa shape index (κ1) is 18.7. The zero-order valence-corrected chi connectivity index (χ0v) is 15.7. The highest BCUT2D eigenvalue weighted by atomic mass is 32.1. The Labute approximate surface area is 162 Å². The fourth-order valence-corrected chi connectivity index (χ4v) is 3.05. The molecule has 3 aromatic rings. The topological polar surface area (TPSA) is 67.4 Å². The number of carbonyl (C=O) groups excluding carboxylic acids is 2. The van der Waals surface area contributed by atoms with E-state index in [-0.39, 0.29) is 11.8 Å². The van der Waals surface area contributed by atoms with Gasteiger partial charge in [0.2, 0.25) is 5.91 Å². The Kier molecular flexibility index (Phi) is 6.22. The lowest BCUT2D eigenvalue weighted by Gasteiger charge is -2.14. The van der Waals surface area contributed by atoms with E-state index in [9.17, 15) is 9.59 Å². The Morgan fingerprint density at radius 3 is 2.52 bits per heavy atom. The fourth-order valence-electron chi connectivity index (χ4n) is 2.43. The molecule has 2 N–H and O–H groups in total. The minimum absolute atomic E-state index is 0.241. The van der Waals surface area contributed by atoms with Crippen LogP contribution in [0.2, 0.25) is 0 Å². The van der Waals surface area contributed by atoms with Gasteiger partial charge in [0.1, 0.15) is 17.5 Å². The minimum atomic E-state index is -0.622. The van der Waals surface area contributed by atoms with Crippen LogP contribution in [0, 0.1) is 0 Å². The largest absolute Gasteiger partial charge is 0.457 e. The summed E-state index contributed by atoms with van der Waals surface area (Å²) in [5.41, 5.74) is 0.911. The van der Waals surface area contributed by atoms with Gasteiger partial charge in [0, 0.05) is 6.54 Å². The van der Waals surface area contributed by atoms with Crippen LogP contribution < -0.4 is 15.4 Å². The summed E-state index contributed by atoms with van der Waals surface area (Å²) in [6.07, 6.45) is 0. The fraction of sp³-hybridized carbons (Fsp3) is 0.143. The first-order valence-electron chi connectivity index (χ1n) is 8.56. The van der Waals surface area contributed by atoms with Crippen molar-refractivity contribution in [3.63, 3.8) is 0 Å². The summed E-state index contributed by atoms with van der Waals surface area (Å²) in [6.45, 7) is 2.01. The molecule has 0 fully saturated rings. The molecule has 0 aliphatic heterocycles. The van der Waals surface area contributed by atoms with Crippen LogP contribution in [0.25, 0.3) is 0 Å². The number of ether oxygens (including phenoxy) is 1. The van der Waals surface area contributed by atoms with Crippen molar-refractivity contribution in [2.45, 2.75) is 19.5 Å². The molecular weight excluding hydrogens is 360 g/mol. The van der Waals surface area contributed by atoms with Gasteiger partial charge in [-0.05, 0) is 48.2 Å². The van der Waals surface area contributed by atoms with Gasteiger partial charge in [-0.1, -0.05) is 36.4 Å². The first-order valence-corrected chi connectivity index (χ1v) is 9.44. The molecule has 0 spiro atoms. The molecule has 6 heteroatoms. The van der Waals surface area contributed by atoms with Gasteiger partial charge < -0.3 is 15.4 Å². The van der Waals surface area contributed by atoms with E-state index in [1.54, 1.807) is 19.1 Å². The molecule has 1 heterocycles. The highest BCUT2D eigenvalue weighted by Gasteiger charge is 2.16. The second kappa shape index (κ2) is 9.00. The van der Waals surface area contributed by atoms with Crippen LogP contribution in [0.15, 0.2) is 72.1 Å². The van der Waals surface area contributed by atoms with Gasteiger partial charge in [0.15, 0.2) is 0 Å². The molecule has 2 amide bonds. The van der Waals surface area contributed by atoms with Crippen LogP contribution in [-0.4, -0.2) is 17.9 Å². The highest BCUT2D eigenvalue weighted by Crippen LogP contribution is 2.21. The standard InChI is InChI=1S/C21H20N2O3S/c1-15(23-21(25)19-11-6-12-27-19)20(24)22-14-16-7-5-10-18(13-16)26-17-8-3-2-4-9-17/h2-13,15H,14H2,1H3,(H,22,24)(H,23,25)/t15-/m1/s1. The second-order valence-electron chi connectivity index (χ2n) is 5.95. The molecule has 2 aromatic carbocycles. The molecule has 138 valence electrons. The van der Waals surface area contributed by atoms with Crippen molar-refractivity contribution in [3.8, 4) is 11.5 Å². The van der Waals surface area contributed by atoms with E-state index in [2.05, 4.69) is 10.6 Å². The van der Waals surface area contributed by atoms with Gasteiger partial charge in [0.25, 0.3) is 5.91 Å².